The van der Waals surface area contributed by atoms with E-state index >= 15 is 0 Å². The quantitative estimate of drug-likeness (QED) is 0.266. The van der Waals surface area contributed by atoms with Crippen LogP contribution in [-0.2, 0) is 9.84 Å². The number of hydrogen-bond donors (Lipinski definition) is 1. The summed E-state index contributed by atoms with van der Waals surface area (Å²) in [5, 5.41) is 11.3. The summed E-state index contributed by atoms with van der Waals surface area (Å²) in [7, 11) is -4.11. The van der Waals surface area contributed by atoms with Crippen molar-refractivity contribution in [2.75, 3.05) is 0 Å². The molecule has 0 aliphatic carbocycles. The number of aromatic nitrogens is 1. The molecular weight excluding hydrogens is 482 g/mol. The largest absolute Gasteiger partial charge is 0.454 e. The van der Waals surface area contributed by atoms with E-state index in [2.05, 4.69) is 4.98 Å². The molecule has 6 heteroatoms. The number of sulfone groups is 1. The molecule has 5 rings (SSSR count). The summed E-state index contributed by atoms with van der Waals surface area (Å²) < 4.78 is 33.6. The number of hydrogen-bond acceptors (Lipinski definition) is 5. The molecule has 0 saturated heterocycles. The Balaban J connectivity index is 1.63. The van der Waals surface area contributed by atoms with Crippen LogP contribution in [0.25, 0.3) is 22.4 Å². The number of ether oxygens (including phenoxy) is 1. The van der Waals surface area contributed by atoms with Gasteiger partial charge in [-0.15, -0.1) is 0 Å². The van der Waals surface area contributed by atoms with Gasteiger partial charge in [-0.2, -0.15) is 0 Å². The van der Waals surface area contributed by atoms with Crippen LogP contribution in [0.3, 0.4) is 0 Å². The topological polar surface area (TPSA) is 76.5 Å². The van der Waals surface area contributed by atoms with Gasteiger partial charge in [-0.3, -0.25) is 0 Å². The van der Waals surface area contributed by atoms with E-state index in [0.717, 1.165) is 16.7 Å². The third kappa shape index (κ3) is 5.45. The normalized spacial score (nSPS) is 13.0. The number of rotatable bonds is 8. The van der Waals surface area contributed by atoms with Crippen LogP contribution in [0.5, 0.6) is 5.88 Å². The van der Waals surface area contributed by atoms with Crippen LogP contribution in [0.2, 0.25) is 0 Å². The molecule has 5 aromatic rings. The zero-order valence-corrected chi connectivity index (χ0v) is 20.7. The Labute approximate surface area is 216 Å². The molecule has 1 heterocycles. The van der Waals surface area contributed by atoms with Gasteiger partial charge in [0.1, 0.15) is 6.10 Å². The van der Waals surface area contributed by atoms with Crippen molar-refractivity contribution in [3.8, 4) is 28.3 Å². The fourth-order valence-electron chi connectivity index (χ4n) is 4.09. The molecular formula is C31H25NO4S. The maximum atomic E-state index is 13.7. The maximum Gasteiger partial charge on any atom is 0.234 e. The van der Waals surface area contributed by atoms with Crippen LogP contribution in [0.15, 0.2) is 138 Å². The van der Waals surface area contributed by atoms with E-state index in [1.54, 1.807) is 54.6 Å². The highest BCUT2D eigenvalue weighted by Crippen LogP contribution is 2.33. The van der Waals surface area contributed by atoms with Crippen molar-refractivity contribution in [1.29, 1.82) is 0 Å². The Morgan fingerprint density at radius 3 is 1.73 bits per heavy atom. The second-order valence-corrected chi connectivity index (χ2v) is 10.5. The molecule has 5 nitrogen and oxygen atoms in total. The Bertz CT molecular complexity index is 1500. The molecule has 4 aromatic carbocycles. The minimum atomic E-state index is -4.11. The molecule has 0 aliphatic heterocycles. The molecule has 2 unspecified atom stereocenters. The van der Waals surface area contributed by atoms with E-state index in [0.29, 0.717) is 11.3 Å². The van der Waals surface area contributed by atoms with Crippen molar-refractivity contribution in [1.82, 2.24) is 4.98 Å². The summed E-state index contributed by atoms with van der Waals surface area (Å²) in [5.74, 6) is 0.0969. The lowest BCUT2D eigenvalue weighted by atomic mass is 10.0. The zero-order valence-electron chi connectivity index (χ0n) is 19.9. The third-order valence-corrected chi connectivity index (χ3v) is 7.89. The lowest BCUT2D eigenvalue weighted by Gasteiger charge is -2.24. The van der Waals surface area contributed by atoms with Crippen LogP contribution in [-0.4, -0.2) is 23.9 Å². The van der Waals surface area contributed by atoms with Gasteiger partial charge in [-0.25, -0.2) is 13.4 Å². The molecule has 184 valence electrons. The highest BCUT2D eigenvalue weighted by atomic mass is 32.2. The van der Waals surface area contributed by atoms with Crippen molar-refractivity contribution in [2.24, 2.45) is 0 Å². The molecule has 0 amide bonds. The average molecular weight is 508 g/mol. The van der Waals surface area contributed by atoms with Gasteiger partial charge in [-0.05, 0) is 34.9 Å². The van der Waals surface area contributed by atoms with Crippen molar-refractivity contribution in [2.45, 2.75) is 16.4 Å². The SMILES string of the molecule is O=S(=O)(c1ccccc1)C(Oc1cc(-c2ccccc2)cc(-c2ccccc2)n1)C(O)c1ccccc1. The summed E-state index contributed by atoms with van der Waals surface area (Å²) in [6.45, 7) is 0. The number of nitrogens with zero attached hydrogens (tertiary/aromatic N) is 1. The predicted molar refractivity (Wildman–Crippen MR) is 145 cm³/mol. The van der Waals surface area contributed by atoms with E-state index in [9.17, 15) is 13.5 Å². The van der Waals surface area contributed by atoms with Crippen molar-refractivity contribution in [3.05, 3.63) is 139 Å². The van der Waals surface area contributed by atoms with Gasteiger partial charge in [0.25, 0.3) is 0 Å². The van der Waals surface area contributed by atoms with Gasteiger partial charge in [0.2, 0.25) is 21.2 Å². The van der Waals surface area contributed by atoms with E-state index < -0.39 is 21.4 Å². The smallest absolute Gasteiger partial charge is 0.234 e. The predicted octanol–water partition coefficient (Wildman–Crippen LogP) is 6.33. The molecule has 0 radical (unpaired) electrons. The maximum absolute atomic E-state index is 13.7. The van der Waals surface area contributed by atoms with Crippen LogP contribution >= 0.6 is 0 Å². The van der Waals surface area contributed by atoms with Crippen molar-refractivity contribution >= 4 is 9.84 Å². The van der Waals surface area contributed by atoms with E-state index in [1.165, 1.54) is 12.1 Å². The molecule has 37 heavy (non-hydrogen) atoms. The van der Waals surface area contributed by atoms with E-state index in [1.807, 2.05) is 66.7 Å². The fraction of sp³-hybridized carbons (Fsp3) is 0.0645. The van der Waals surface area contributed by atoms with Crippen LogP contribution in [0.1, 0.15) is 11.7 Å². The second kappa shape index (κ2) is 10.8. The summed E-state index contributed by atoms with van der Waals surface area (Å²) >= 11 is 0. The van der Waals surface area contributed by atoms with Gasteiger partial charge >= 0.3 is 0 Å². The summed E-state index contributed by atoms with van der Waals surface area (Å²) in [6, 6.07) is 39.6. The van der Waals surface area contributed by atoms with Crippen molar-refractivity contribution < 1.29 is 18.3 Å². The Hall–Kier alpha value is -4.26. The van der Waals surface area contributed by atoms with Gasteiger partial charge in [-0.1, -0.05) is 109 Å². The Morgan fingerprint density at radius 1 is 0.622 bits per heavy atom. The molecule has 2 atom stereocenters. The molecule has 1 aromatic heterocycles. The zero-order chi connectivity index (χ0) is 25.7. The van der Waals surface area contributed by atoms with Gasteiger partial charge < -0.3 is 9.84 Å². The number of benzene rings is 4. The van der Waals surface area contributed by atoms with Gasteiger partial charge in [0.05, 0.1) is 10.6 Å². The number of aliphatic hydroxyl groups excluding tert-OH is 1. The first-order chi connectivity index (χ1) is 18.0. The first-order valence-corrected chi connectivity index (χ1v) is 13.4. The first kappa shape index (κ1) is 24.4. The molecule has 1 N–H and O–H groups in total. The minimum Gasteiger partial charge on any atom is -0.454 e. The standard InChI is InChI=1S/C31H25NO4S/c33-30(25-17-9-3-10-18-25)31(37(34,35)27-19-11-4-12-20-27)36-29-22-26(23-13-5-1-6-14-23)21-28(32-29)24-15-7-2-8-16-24/h1-22,30-31,33H. The third-order valence-electron chi connectivity index (χ3n) is 5.99. The Morgan fingerprint density at radius 2 is 1.14 bits per heavy atom. The summed E-state index contributed by atoms with van der Waals surface area (Å²) in [5.41, 5.74) is 2.03. The fourth-order valence-corrected chi connectivity index (χ4v) is 5.61. The number of aliphatic hydroxyl groups is 1. The molecule has 0 saturated carbocycles. The number of pyridine rings is 1. The van der Waals surface area contributed by atoms with E-state index in [-0.39, 0.29) is 10.8 Å². The second-order valence-electron chi connectivity index (χ2n) is 8.51. The summed E-state index contributed by atoms with van der Waals surface area (Å²) in [4.78, 5) is 4.71. The van der Waals surface area contributed by atoms with Crippen LogP contribution in [0, 0.1) is 0 Å². The molecule has 0 spiro atoms. The van der Waals surface area contributed by atoms with E-state index in [4.69, 9.17) is 4.74 Å². The average Bonchev–Trinajstić information content (AvgIpc) is 2.97. The van der Waals surface area contributed by atoms with Gasteiger partial charge in [0.15, 0.2) is 0 Å². The van der Waals surface area contributed by atoms with Crippen LogP contribution < -0.4 is 4.74 Å². The summed E-state index contributed by atoms with van der Waals surface area (Å²) in [6.07, 6.45) is -1.45. The highest BCUT2D eigenvalue weighted by molar-refractivity contribution is 7.92. The lowest BCUT2D eigenvalue weighted by Crippen LogP contribution is -2.34. The first-order valence-electron chi connectivity index (χ1n) is 11.8. The Kier molecular flexibility index (Phi) is 7.12. The molecule has 0 fully saturated rings. The molecule has 0 aliphatic rings. The van der Waals surface area contributed by atoms with Gasteiger partial charge in [0, 0.05) is 11.6 Å². The highest BCUT2D eigenvalue weighted by Gasteiger charge is 2.37. The lowest BCUT2D eigenvalue weighted by molar-refractivity contribution is 0.0786. The monoisotopic (exact) mass is 507 g/mol. The van der Waals surface area contributed by atoms with Crippen LogP contribution in [0.4, 0.5) is 0 Å². The molecule has 0 bridgehead atoms. The minimum absolute atomic E-state index is 0.0532. The van der Waals surface area contributed by atoms with Crippen molar-refractivity contribution in [3.63, 3.8) is 0 Å².